The van der Waals surface area contributed by atoms with Gasteiger partial charge < -0.3 is 14.6 Å². The fourth-order valence-corrected chi connectivity index (χ4v) is 3.64. The van der Waals surface area contributed by atoms with Gasteiger partial charge >= 0.3 is 5.97 Å². The Hall–Kier alpha value is -3.09. The number of carboxylic acids is 1. The molecule has 3 heterocycles. The molecule has 1 aliphatic rings. The molecule has 3 aromatic rings. The summed E-state index contributed by atoms with van der Waals surface area (Å²) in [7, 11) is 1.97. The van der Waals surface area contributed by atoms with Crippen molar-refractivity contribution in [1.82, 2.24) is 19.2 Å². The monoisotopic (exact) mass is 352 g/mol. The number of amides is 1. The Kier molecular flexibility index (Phi) is 3.99. The van der Waals surface area contributed by atoms with Gasteiger partial charge in [-0.3, -0.25) is 9.48 Å². The number of likely N-dealkylation sites (tertiary alicyclic amines) is 1. The van der Waals surface area contributed by atoms with E-state index in [2.05, 4.69) is 5.10 Å². The topological polar surface area (TPSA) is 80.4 Å². The van der Waals surface area contributed by atoms with Gasteiger partial charge in [0.05, 0.1) is 17.8 Å². The zero-order valence-corrected chi connectivity index (χ0v) is 14.5. The van der Waals surface area contributed by atoms with Crippen LogP contribution in [0.25, 0.3) is 10.9 Å². The van der Waals surface area contributed by atoms with E-state index >= 15 is 0 Å². The predicted molar refractivity (Wildman–Crippen MR) is 96.3 cm³/mol. The molecule has 1 N–H and O–H groups in total. The van der Waals surface area contributed by atoms with Gasteiger partial charge in [-0.25, -0.2) is 4.79 Å². The molecule has 1 aromatic carbocycles. The highest BCUT2D eigenvalue weighted by Gasteiger charge is 2.26. The number of hydrogen-bond acceptors (Lipinski definition) is 3. The van der Waals surface area contributed by atoms with Gasteiger partial charge in [0.25, 0.3) is 5.91 Å². The Morgan fingerprint density at radius 3 is 2.65 bits per heavy atom. The number of rotatable bonds is 3. The van der Waals surface area contributed by atoms with Gasteiger partial charge in [-0.05, 0) is 31.0 Å². The largest absolute Gasteiger partial charge is 0.478 e. The number of nitrogens with zero attached hydrogens (tertiary/aromatic N) is 4. The number of carboxylic acid groups (broad SMARTS) is 1. The number of piperidine rings is 1. The molecule has 1 amide bonds. The van der Waals surface area contributed by atoms with E-state index in [0.717, 1.165) is 29.3 Å². The molecule has 0 saturated carbocycles. The lowest BCUT2D eigenvalue weighted by atomic mass is 10.0. The number of aromatic carboxylic acids is 1. The van der Waals surface area contributed by atoms with Gasteiger partial charge in [0, 0.05) is 49.0 Å². The average molecular weight is 352 g/mol. The van der Waals surface area contributed by atoms with Crippen LogP contribution in [0.5, 0.6) is 0 Å². The van der Waals surface area contributed by atoms with Gasteiger partial charge in [0.1, 0.15) is 0 Å². The first-order valence-electron chi connectivity index (χ1n) is 8.65. The van der Waals surface area contributed by atoms with Crippen LogP contribution in [-0.2, 0) is 7.05 Å². The van der Waals surface area contributed by atoms with Crippen molar-refractivity contribution in [2.24, 2.45) is 7.05 Å². The Balaban J connectivity index is 1.48. The summed E-state index contributed by atoms with van der Waals surface area (Å²) in [6.07, 6.45) is 6.42. The first-order valence-corrected chi connectivity index (χ1v) is 8.65. The minimum absolute atomic E-state index is 0.0481. The van der Waals surface area contributed by atoms with Gasteiger partial charge in [-0.15, -0.1) is 0 Å². The quantitative estimate of drug-likeness (QED) is 0.785. The Bertz CT molecular complexity index is 980. The van der Waals surface area contributed by atoms with E-state index in [-0.39, 0.29) is 17.5 Å². The van der Waals surface area contributed by atoms with Gasteiger partial charge in [-0.2, -0.15) is 5.10 Å². The molecule has 0 spiro atoms. The highest BCUT2D eigenvalue weighted by Crippen LogP contribution is 2.26. The summed E-state index contributed by atoms with van der Waals surface area (Å²) in [5.74, 6) is -0.924. The summed E-state index contributed by atoms with van der Waals surface area (Å²) >= 11 is 0. The summed E-state index contributed by atoms with van der Waals surface area (Å²) in [6, 6.07) is 7.91. The molecular weight excluding hydrogens is 332 g/mol. The van der Waals surface area contributed by atoms with Gasteiger partial charge in [0.15, 0.2) is 0 Å². The third-order valence-electron chi connectivity index (χ3n) is 5.13. The van der Waals surface area contributed by atoms with Crippen molar-refractivity contribution >= 4 is 22.8 Å². The van der Waals surface area contributed by atoms with Gasteiger partial charge in [-0.1, -0.05) is 6.07 Å². The van der Waals surface area contributed by atoms with Crippen LogP contribution >= 0.6 is 0 Å². The van der Waals surface area contributed by atoms with E-state index in [1.165, 1.54) is 6.20 Å². The molecule has 1 fully saturated rings. The van der Waals surface area contributed by atoms with E-state index in [9.17, 15) is 9.59 Å². The Morgan fingerprint density at radius 2 is 1.96 bits per heavy atom. The molecule has 1 aliphatic heterocycles. The van der Waals surface area contributed by atoms with E-state index in [1.807, 2.05) is 47.0 Å². The number of carbonyl (C=O) groups excluding carboxylic acids is 1. The van der Waals surface area contributed by atoms with Crippen LogP contribution < -0.4 is 0 Å². The molecule has 26 heavy (non-hydrogen) atoms. The van der Waals surface area contributed by atoms with Crippen LogP contribution in [0.3, 0.4) is 0 Å². The summed E-state index contributed by atoms with van der Waals surface area (Å²) in [5, 5.41) is 14.2. The lowest BCUT2D eigenvalue weighted by Gasteiger charge is -2.32. The van der Waals surface area contributed by atoms with E-state index < -0.39 is 5.97 Å². The van der Waals surface area contributed by atoms with Crippen LogP contribution in [0.2, 0.25) is 0 Å². The molecule has 2 aromatic heterocycles. The molecule has 7 heteroatoms. The summed E-state index contributed by atoms with van der Waals surface area (Å²) in [5.41, 5.74) is 1.97. The maximum atomic E-state index is 13.0. The van der Waals surface area contributed by atoms with E-state index in [4.69, 9.17) is 5.11 Å². The lowest BCUT2D eigenvalue weighted by Crippen LogP contribution is -2.39. The highest BCUT2D eigenvalue weighted by molar-refractivity contribution is 6.06. The average Bonchev–Trinajstić information content (AvgIpc) is 3.29. The first kappa shape index (κ1) is 16.4. The Morgan fingerprint density at radius 1 is 1.19 bits per heavy atom. The molecule has 0 unspecified atom stereocenters. The molecular formula is C19H20N4O3. The van der Waals surface area contributed by atoms with Crippen LogP contribution in [0.15, 0.2) is 42.9 Å². The van der Waals surface area contributed by atoms with Crippen LogP contribution in [-0.4, -0.2) is 49.3 Å². The molecule has 4 rings (SSSR count). The van der Waals surface area contributed by atoms with Crippen molar-refractivity contribution in [2.75, 3.05) is 13.1 Å². The fraction of sp³-hybridized carbons (Fsp3) is 0.316. The molecule has 0 aliphatic carbocycles. The van der Waals surface area contributed by atoms with Crippen molar-refractivity contribution in [3.63, 3.8) is 0 Å². The van der Waals surface area contributed by atoms with Crippen molar-refractivity contribution in [3.8, 4) is 0 Å². The molecule has 7 nitrogen and oxygen atoms in total. The second-order valence-corrected chi connectivity index (χ2v) is 6.70. The zero-order valence-electron chi connectivity index (χ0n) is 14.5. The predicted octanol–water partition coefficient (Wildman–Crippen LogP) is 2.55. The normalized spacial score (nSPS) is 15.5. The number of aromatic nitrogens is 3. The third kappa shape index (κ3) is 2.75. The number of fused-ring (bicyclic) bond motifs is 1. The molecule has 134 valence electrons. The fourth-order valence-electron chi connectivity index (χ4n) is 3.64. The molecule has 1 saturated heterocycles. The number of carbonyl (C=O) groups is 2. The zero-order chi connectivity index (χ0) is 18.3. The van der Waals surface area contributed by atoms with Crippen LogP contribution in [0, 0.1) is 0 Å². The van der Waals surface area contributed by atoms with E-state index in [0.29, 0.717) is 13.1 Å². The SMILES string of the molecule is Cn1ccc2c(C(=O)N3CCC(n4cc(C(=O)O)cn4)CC3)cccc21. The maximum Gasteiger partial charge on any atom is 0.338 e. The summed E-state index contributed by atoms with van der Waals surface area (Å²) in [6.45, 7) is 1.27. The van der Waals surface area contributed by atoms with Crippen molar-refractivity contribution in [3.05, 3.63) is 54.0 Å². The number of benzene rings is 1. The third-order valence-corrected chi connectivity index (χ3v) is 5.13. The Labute approximate surface area is 150 Å². The minimum atomic E-state index is -0.972. The van der Waals surface area contributed by atoms with Crippen LogP contribution in [0.4, 0.5) is 0 Å². The maximum absolute atomic E-state index is 13.0. The van der Waals surface area contributed by atoms with Gasteiger partial charge in [0.2, 0.25) is 0 Å². The smallest absolute Gasteiger partial charge is 0.338 e. The summed E-state index contributed by atoms with van der Waals surface area (Å²) < 4.78 is 3.72. The number of aryl methyl sites for hydroxylation is 1. The molecule has 0 bridgehead atoms. The minimum Gasteiger partial charge on any atom is -0.478 e. The molecule has 0 radical (unpaired) electrons. The van der Waals surface area contributed by atoms with Crippen LogP contribution in [0.1, 0.15) is 39.6 Å². The first-order chi connectivity index (χ1) is 12.5. The van der Waals surface area contributed by atoms with Crippen molar-refractivity contribution in [1.29, 1.82) is 0 Å². The van der Waals surface area contributed by atoms with E-state index in [1.54, 1.807) is 10.9 Å². The second-order valence-electron chi connectivity index (χ2n) is 6.70. The number of hydrogen-bond donors (Lipinski definition) is 1. The van der Waals surface area contributed by atoms with Crippen molar-refractivity contribution < 1.29 is 14.7 Å². The summed E-state index contributed by atoms with van der Waals surface area (Å²) in [4.78, 5) is 25.8. The standard InChI is InChI=1S/C19H20N4O3/c1-21-8-7-15-16(3-2-4-17(15)21)18(24)22-9-5-14(6-10-22)23-12-13(11-20-23)19(25)26/h2-4,7-8,11-12,14H,5-6,9-10H2,1H3,(H,25,26). The lowest BCUT2D eigenvalue weighted by molar-refractivity contribution is 0.0689. The second kappa shape index (κ2) is 6.33. The van der Waals surface area contributed by atoms with Crippen molar-refractivity contribution in [2.45, 2.75) is 18.9 Å². The highest BCUT2D eigenvalue weighted by atomic mass is 16.4. The molecule has 0 atom stereocenters.